The molecule has 2 fully saturated rings. The molecule has 6 nitrogen and oxygen atoms in total. The van der Waals surface area contributed by atoms with E-state index in [2.05, 4.69) is 10.2 Å². The summed E-state index contributed by atoms with van der Waals surface area (Å²) in [6.45, 7) is 5.38. The summed E-state index contributed by atoms with van der Waals surface area (Å²) in [4.78, 5) is 27.9. The van der Waals surface area contributed by atoms with Gasteiger partial charge in [0.25, 0.3) is 0 Å². The van der Waals surface area contributed by atoms with Gasteiger partial charge in [0.15, 0.2) is 0 Å². The predicted octanol–water partition coefficient (Wildman–Crippen LogP) is -1.24. The maximum Gasteiger partial charge on any atom is 0.312 e. The molecule has 102 valence electrons. The summed E-state index contributed by atoms with van der Waals surface area (Å²) in [7, 11) is 0. The van der Waals surface area contributed by atoms with E-state index in [1.807, 2.05) is 6.92 Å². The van der Waals surface area contributed by atoms with Crippen molar-refractivity contribution in [2.45, 2.75) is 31.8 Å². The fourth-order valence-corrected chi connectivity index (χ4v) is 2.86. The van der Waals surface area contributed by atoms with Gasteiger partial charge >= 0.3 is 11.8 Å². The quantitative estimate of drug-likeness (QED) is 0.604. The van der Waals surface area contributed by atoms with Crippen LogP contribution >= 0.6 is 0 Å². The Kier molecular flexibility index (Phi) is 4.19. The molecular weight excluding hydrogens is 232 g/mol. The van der Waals surface area contributed by atoms with Crippen molar-refractivity contribution in [3.05, 3.63) is 0 Å². The van der Waals surface area contributed by atoms with E-state index in [0.29, 0.717) is 25.7 Å². The zero-order chi connectivity index (χ0) is 13.1. The molecule has 0 radical (unpaired) electrons. The van der Waals surface area contributed by atoms with Gasteiger partial charge in [-0.2, -0.15) is 0 Å². The summed E-state index contributed by atoms with van der Waals surface area (Å²) < 4.78 is 0. The monoisotopic (exact) mass is 254 g/mol. The highest BCUT2D eigenvalue weighted by atomic mass is 16.2. The first-order chi connectivity index (χ1) is 8.63. The lowest BCUT2D eigenvalue weighted by molar-refractivity contribution is -0.149. The molecular formula is C12H22N4O2. The van der Waals surface area contributed by atoms with Crippen LogP contribution in [0.25, 0.3) is 0 Å². The normalized spacial score (nSPS) is 28.0. The van der Waals surface area contributed by atoms with Crippen LogP contribution in [0.4, 0.5) is 0 Å². The second-order valence-corrected chi connectivity index (χ2v) is 5.14. The summed E-state index contributed by atoms with van der Waals surface area (Å²) >= 11 is 0. The number of hydrogen-bond acceptors (Lipinski definition) is 4. The van der Waals surface area contributed by atoms with Gasteiger partial charge < -0.3 is 16.0 Å². The number of fused-ring (bicyclic) bond motifs is 1. The molecule has 0 saturated carbocycles. The molecule has 3 N–H and O–H groups in total. The van der Waals surface area contributed by atoms with Gasteiger partial charge in [0, 0.05) is 38.3 Å². The van der Waals surface area contributed by atoms with Gasteiger partial charge in [-0.3, -0.25) is 14.5 Å². The topological polar surface area (TPSA) is 78.7 Å². The average molecular weight is 254 g/mol. The van der Waals surface area contributed by atoms with Gasteiger partial charge in [0.2, 0.25) is 0 Å². The molecule has 2 unspecified atom stereocenters. The number of carbonyl (C=O) groups excluding carboxylic acids is 2. The summed E-state index contributed by atoms with van der Waals surface area (Å²) in [5.74, 6) is -0.943. The molecule has 0 aromatic carbocycles. The zero-order valence-corrected chi connectivity index (χ0v) is 10.9. The minimum atomic E-state index is -0.529. The Hall–Kier alpha value is -1.14. The maximum absolute atomic E-state index is 12.1. The van der Waals surface area contributed by atoms with E-state index >= 15 is 0 Å². The van der Waals surface area contributed by atoms with Crippen LogP contribution in [0.3, 0.4) is 0 Å². The minimum absolute atomic E-state index is 0.107. The van der Waals surface area contributed by atoms with Gasteiger partial charge in [0.05, 0.1) is 0 Å². The Morgan fingerprint density at radius 1 is 1.39 bits per heavy atom. The molecule has 18 heavy (non-hydrogen) atoms. The second kappa shape index (κ2) is 5.67. The molecule has 2 amide bonds. The van der Waals surface area contributed by atoms with Crippen molar-refractivity contribution in [2.24, 2.45) is 5.73 Å². The Balaban J connectivity index is 1.94. The first-order valence-electron chi connectivity index (χ1n) is 6.66. The number of amides is 2. The van der Waals surface area contributed by atoms with Crippen molar-refractivity contribution in [1.82, 2.24) is 15.1 Å². The van der Waals surface area contributed by atoms with Gasteiger partial charge in [-0.25, -0.2) is 0 Å². The van der Waals surface area contributed by atoms with Crippen molar-refractivity contribution in [2.75, 3.05) is 32.7 Å². The SMILES string of the molecule is CC1CN2CCCC2CN1C(=O)C(=O)NCCN. The fraction of sp³-hybridized carbons (Fsp3) is 0.833. The minimum Gasteiger partial charge on any atom is -0.347 e. The van der Waals surface area contributed by atoms with Crippen molar-refractivity contribution in [3.63, 3.8) is 0 Å². The van der Waals surface area contributed by atoms with Gasteiger partial charge in [-0.1, -0.05) is 0 Å². The Bertz CT molecular complexity index is 334. The van der Waals surface area contributed by atoms with Crippen molar-refractivity contribution < 1.29 is 9.59 Å². The molecule has 2 aliphatic heterocycles. The number of nitrogens with zero attached hydrogens (tertiary/aromatic N) is 2. The molecule has 0 aromatic heterocycles. The van der Waals surface area contributed by atoms with Crippen LogP contribution in [0.15, 0.2) is 0 Å². The number of nitrogens with two attached hydrogens (primary N) is 1. The number of carbonyl (C=O) groups is 2. The lowest BCUT2D eigenvalue weighted by Gasteiger charge is -2.41. The lowest BCUT2D eigenvalue weighted by Crippen LogP contribution is -2.59. The highest BCUT2D eigenvalue weighted by Crippen LogP contribution is 2.24. The first kappa shape index (κ1) is 13.3. The van der Waals surface area contributed by atoms with Gasteiger partial charge in [0.1, 0.15) is 0 Å². The van der Waals surface area contributed by atoms with Crippen LogP contribution in [0.2, 0.25) is 0 Å². The Morgan fingerprint density at radius 3 is 2.89 bits per heavy atom. The zero-order valence-electron chi connectivity index (χ0n) is 10.9. The predicted molar refractivity (Wildman–Crippen MR) is 67.8 cm³/mol. The first-order valence-corrected chi connectivity index (χ1v) is 6.66. The van der Waals surface area contributed by atoms with E-state index in [4.69, 9.17) is 5.73 Å². The van der Waals surface area contributed by atoms with E-state index in [-0.39, 0.29) is 6.04 Å². The van der Waals surface area contributed by atoms with Crippen molar-refractivity contribution in [3.8, 4) is 0 Å². The van der Waals surface area contributed by atoms with E-state index in [1.165, 1.54) is 6.42 Å². The Morgan fingerprint density at radius 2 is 2.17 bits per heavy atom. The third-order valence-electron chi connectivity index (χ3n) is 3.82. The number of rotatable bonds is 2. The summed E-state index contributed by atoms with van der Waals surface area (Å²) in [6, 6.07) is 0.544. The summed E-state index contributed by atoms with van der Waals surface area (Å²) in [5.41, 5.74) is 5.31. The average Bonchev–Trinajstić information content (AvgIpc) is 2.81. The van der Waals surface area contributed by atoms with Crippen LogP contribution in [-0.2, 0) is 9.59 Å². The molecule has 0 spiro atoms. The van der Waals surface area contributed by atoms with Gasteiger partial charge in [-0.05, 0) is 26.3 Å². The molecule has 2 rings (SSSR count). The molecule has 0 bridgehead atoms. The van der Waals surface area contributed by atoms with Crippen LogP contribution in [0.1, 0.15) is 19.8 Å². The van der Waals surface area contributed by atoms with Crippen LogP contribution in [0.5, 0.6) is 0 Å². The maximum atomic E-state index is 12.1. The standard InChI is InChI=1S/C12H22N4O2/c1-9-7-15-6-2-3-10(15)8-16(9)12(18)11(17)14-5-4-13/h9-10H,2-8,13H2,1H3,(H,14,17). The highest BCUT2D eigenvalue weighted by molar-refractivity contribution is 6.35. The van der Waals surface area contributed by atoms with Crippen molar-refractivity contribution >= 4 is 11.8 Å². The van der Waals surface area contributed by atoms with Crippen LogP contribution < -0.4 is 11.1 Å². The molecule has 2 aliphatic rings. The number of piperazine rings is 1. The number of nitrogens with one attached hydrogen (secondary N) is 1. The molecule has 2 saturated heterocycles. The third-order valence-corrected chi connectivity index (χ3v) is 3.82. The highest BCUT2D eigenvalue weighted by Gasteiger charge is 2.38. The third kappa shape index (κ3) is 2.64. The second-order valence-electron chi connectivity index (χ2n) is 5.14. The summed E-state index contributed by atoms with van der Waals surface area (Å²) in [5, 5.41) is 2.54. The van der Waals surface area contributed by atoms with E-state index in [0.717, 1.165) is 19.5 Å². The van der Waals surface area contributed by atoms with E-state index in [9.17, 15) is 9.59 Å². The molecule has 6 heteroatoms. The molecule has 0 aromatic rings. The van der Waals surface area contributed by atoms with E-state index < -0.39 is 11.8 Å². The Labute approximate surface area is 107 Å². The summed E-state index contributed by atoms with van der Waals surface area (Å²) in [6.07, 6.45) is 2.32. The molecule has 2 heterocycles. The smallest absolute Gasteiger partial charge is 0.312 e. The molecule has 2 atom stereocenters. The lowest BCUT2D eigenvalue weighted by atomic mass is 10.1. The largest absolute Gasteiger partial charge is 0.347 e. The van der Waals surface area contributed by atoms with Crippen molar-refractivity contribution in [1.29, 1.82) is 0 Å². The molecule has 0 aliphatic carbocycles. The van der Waals surface area contributed by atoms with Crippen LogP contribution in [0, 0.1) is 0 Å². The van der Waals surface area contributed by atoms with Crippen LogP contribution in [-0.4, -0.2) is 66.4 Å². The number of hydrogen-bond donors (Lipinski definition) is 2. The van der Waals surface area contributed by atoms with Gasteiger partial charge in [-0.15, -0.1) is 0 Å². The van der Waals surface area contributed by atoms with E-state index in [1.54, 1.807) is 4.90 Å². The fourth-order valence-electron chi connectivity index (χ4n) is 2.86.